The van der Waals surface area contributed by atoms with Gasteiger partial charge in [0.1, 0.15) is 11.9 Å². The molecule has 1 N–H and O–H groups in total. The van der Waals surface area contributed by atoms with E-state index in [0.29, 0.717) is 6.04 Å². The standard InChI is InChI=1S/C15H24N2O/c1-5-12-6-7-15-13(10-12)17(4)11(2)14(18-15)8-9-16-3/h6-7,10-11,14,16H,5,8-9H2,1-4H3. The molecule has 2 rings (SSSR count). The maximum absolute atomic E-state index is 6.13. The van der Waals surface area contributed by atoms with Crippen LogP contribution in [0.2, 0.25) is 0 Å². The summed E-state index contributed by atoms with van der Waals surface area (Å²) >= 11 is 0. The minimum atomic E-state index is 0.266. The number of benzene rings is 1. The highest BCUT2D eigenvalue weighted by molar-refractivity contribution is 5.62. The van der Waals surface area contributed by atoms with Gasteiger partial charge in [0.05, 0.1) is 11.7 Å². The summed E-state index contributed by atoms with van der Waals surface area (Å²) in [6.07, 6.45) is 2.37. The Morgan fingerprint density at radius 3 is 2.83 bits per heavy atom. The van der Waals surface area contributed by atoms with E-state index < -0.39 is 0 Å². The average molecular weight is 248 g/mol. The van der Waals surface area contributed by atoms with Gasteiger partial charge in [0.2, 0.25) is 0 Å². The molecule has 0 aromatic heterocycles. The predicted octanol–water partition coefficient (Wildman–Crippen LogP) is 2.44. The van der Waals surface area contributed by atoms with Gasteiger partial charge < -0.3 is 15.0 Å². The van der Waals surface area contributed by atoms with Crippen LogP contribution in [0, 0.1) is 0 Å². The summed E-state index contributed by atoms with van der Waals surface area (Å²) in [4.78, 5) is 2.35. The molecular formula is C15H24N2O. The van der Waals surface area contributed by atoms with Gasteiger partial charge in [-0.3, -0.25) is 0 Å². The monoisotopic (exact) mass is 248 g/mol. The molecule has 0 fully saturated rings. The molecule has 0 saturated heterocycles. The van der Waals surface area contributed by atoms with Crippen molar-refractivity contribution in [3.05, 3.63) is 23.8 Å². The molecule has 1 aliphatic rings. The highest BCUT2D eigenvalue weighted by Gasteiger charge is 2.30. The third-order valence-electron chi connectivity index (χ3n) is 3.92. The lowest BCUT2D eigenvalue weighted by Crippen LogP contribution is -2.47. The second-order valence-corrected chi connectivity index (χ2v) is 5.06. The van der Waals surface area contributed by atoms with Gasteiger partial charge in [-0.15, -0.1) is 0 Å². The van der Waals surface area contributed by atoms with Crippen LogP contribution in [0.1, 0.15) is 25.8 Å². The molecule has 1 heterocycles. The molecule has 2 atom stereocenters. The topological polar surface area (TPSA) is 24.5 Å². The predicted molar refractivity (Wildman–Crippen MR) is 76.6 cm³/mol. The Labute approximate surface area is 110 Å². The zero-order valence-corrected chi connectivity index (χ0v) is 11.9. The summed E-state index contributed by atoms with van der Waals surface area (Å²) < 4.78 is 6.13. The van der Waals surface area contributed by atoms with Crippen LogP contribution in [-0.2, 0) is 6.42 Å². The maximum Gasteiger partial charge on any atom is 0.143 e. The molecule has 0 radical (unpaired) electrons. The van der Waals surface area contributed by atoms with Gasteiger partial charge in [-0.1, -0.05) is 13.0 Å². The molecule has 1 aliphatic heterocycles. The highest BCUT2D eigenvalue weighted by Crippen LogP contribution is 2.36. The van der Waals surface area contributed by atoms with Crippen LogP contribution < -0.4 is 15.0 Å². The Hall–Kier alpha value is -1.22. The number of ether oxygens (including phenoxy) is 1. The summed E-state index contributed by atoms with van der Waals surface area (Å²) in [5, 5.41) is 3.19. The van der Waals surface area contributed by atoms with Crippen molar-refractivity contribution in [2.75, 3.05) is 25.5 Å². The smallest absolute Gasteiger partial charge is 0.143 e. The van der Waals surface area contributed by atoms with Crippen molar-refractivity contribution in [2.24, 2.45) is 0 Å². The van der Waals surface area contributed by atoms with Crippen molar-refractivity contribution in [1.82, 2.24) is 5.32 Å². The van der Waals surface area contributed by atoms with Gasteiger partial charge in [-0.05, 0) is 51.1 Å². The molecule has 3 nitrogen and oxygen atoms in total. The second-order valence-electron chi connectivity index (χ2n) is 5.06. The Bertz CT molecular complexity index is 405. The summed E-state index contributed by atoms with van der Waals surface area (Å²) in [6, 6.07) is 6.94. The first kappa shape index (κ1) is 13.2. The summed E-state index contributed by atoms with van der Waals surface area (Å²) in [6.45, 7) is 5.41. The molecule has 1 aromatic carbocycles. The van der Waals surface area contributed by atoms with E-state index >= 15 is 0 Å². The van der Waals surface area contributed by atoms with E-state index in [2.05, 4.69) is 49.3 Å². The molecule has 100 valence electrons. The molecule has 0 amide bonds. The minimum Gasteiger partial charge on any atom is -0.486 e. The van der Waals surface area contributed by atoms with Crippen LogP contribution in [0.5, 0.6) is 5.75 Å². The van der Waals surface area contributed by atoms with Crippen LogP contribution in [-0.4, -0.2) is 32.8 Å². The number of hydrogen-bond acceptors (Lipinski definition) is 3. The fraction of sp³-hybridized carbons (Fsp3) is 0.600. The van der Waals surface area contributed by atoms with E-state index in [1.54, 1.807) is 0 Å². The SMILES string of the molecule is CCc1ccc2c(c1)N(C)C(C)C(CCNC)O2. The van der Waals surface area contributed by atoms with Crippen LogP contribution in [0.3, 0.4) is 0 Å². The lowest BCUT2D eigenvalue weighted by atomic mass is 10.0. The van der Waals surface area contributed by atoms with Crippen LogP contribution >= 0.6 is 0 Å². The van der Waals surface area contributed by atoms with Crippen molar-refractivity contribution < 1.29 is 4.74 Å². The number of aryl methyl sites for hydroxylation is 1. The lowest BCUT2D eigenvalue weighted by Gasteiger charge is -2.40. The van der Waals surface area contributed by atoms with Crippen molar-refractivity contribution in [2.45, 2.75) is 38.8 Å². The summed E-state index contributed by atoms with van der Waals surface area (Å²) in [7, 11) is 4.15. The van der Waals surface area contributed by atoms with Gasteiger partial charge in [-0.2, -0.15) is 0 Å². The third kappa shape index (κ3) is 2.46. The number of fused-ring (bicyclic) bond motifs is 1. The molecule has 0 saturated carbocycles. The van der Waals surface area contributed by atoms with E-state index in [9.17, 15) is 0 Å². The molecule has 2 unspecified atom stereocenters. The molecule has 18 heavy (non-hydrogen) atoms. The zero-order chi connectivity index (χ0) is 13.1. The van der Waals surface area contributed by atoms with Gasteiger partial charge in [0.15, 0.2) is 0 Å². The molecule has 0 aliphatic carbocycles. The maximum atomic E-state index is 6.13. The second kappa shape index (κ2) is 5.61. The van der Waals surface area contributed by atoms with Gasteiger partial charge in [-0.25, -0.2) is 0 Å². The van der Waals surface area contributed by atoms with Crippen molar-refractivity contribution in [3.63, 3.8) is 0 Å². The zero-order valence-electron chi connectivity index (χ0n) is 11.9. The first-order chi connectivity index (χ1) is 8.67. The summed E-state index contributed by atoms with van der Waals surface area (Å²) in [5.41, 5.74) is 2.59. The van der Waals surface area contributed by atoms with E-state index in [1.807, 2.05) is 7.05 Å². The first-order valence-corrected chi connectivity index (χ1v) is 6.84. The highest BCUT2D eigenvalue weighted by atomic mass is 16.5. The fourth-order valence-electron chi connectivity index (χ4n) is 2.48. The molecule has 0 spiro atoms. The van der Waals surface area contributed by atoms with E-state index in [4.69, 9.17) is 4.74 Å². The van der Waals surface area contributed by atoms with Gasteiger partial charge in [0, 0.05) is 7.05 Å². The molecule has 1 aromatic rings. The summed E-state index contributed by atoms with van der Waals surface area (Å²) in [5.74, 6) is 1.02. The number of anilines is 1. The number of nitrogens with one attached hydrogen (secondary N) is 1. The normalized spacial score (nSPS) is 22.6. The van der Waals surface area contributed by atoms with Gasteiger partial charge in [0.25, 0.3) is 0 Å². The van der Waals surface area contributed by atoms with Crippen molar-refractivity contribution >= 4 is 5.69 Å². The first-order valence-electron chi connectivity index (χ1n) is 6.84. The van der Waals surface area contributed by atoms with E-state index in [0.717, 1.165) is 25.1 Å². The Balaban J connectivity index is 2.23. The van der Waals surface area contributed by atoms with Crippen LogP contribution in [0.15, 0.2) is 18.2 Å². The number of likely N-dealkylation sites (N-methyl/N-ethyl adjacent to an activating group) is 1. The lowest BCUT2D eigenvalue weighted by molar-refractivity contribution is 0.151. The minimum absolute atomic E-state index is 0.266. The fourth-order valence-corrected chi connectivity index (χ4v) is 2.48. The number of rotatable bonds is 4. The van der Waals surface area contributed by atoms with E-state index in [1.165, 1.54) is 11.3 Å². The Morgan fingerprint density at radius 1 is 1.39 bits per heavy atom. The van der Waals surface area contributed by atoms with Gasteiger partial charge >= 0.3 is 0 Å². The quantitative estimate of drug-likeness (QED) is 0.886. The third-order valence-corrected chi connectivity index (χ3v) is 3.92. The number of nitrogens with zero attached hydrogens (tertiary/aromatic N) is 1. The molecule has 3 heteroatoms. The van der Waals surface area contributed by atoms with Crippen molar-refractivity contribution in [1.29, 1.82) is 0 Å². The Kier molecular flexibility index (Phi) is 4.12. The largest absolute Gasteiger partial charge is 0.486 e. The molecule has 0 bridgehead atoms. The Morgan fingerprint density at radius 2 is 2.17 bits per heavy atom. The van der Waals surface area contributed by atoms with Crippen LogP contribution in [0.4, 0.5) is 5.69 Å². The van der Waals surface area contributed by atoms with Crippen LogP contribution in [0.25, 0.3) is 0 Å². The van der Waals surface area contributed by atoms with Crippen molar-refractivity contribution in [3.8, 4) is 5.75 Å². The van der Waals surface area contributed by atoms with E-state index in [-0.39, 0.29) is 6.10 Å². The number of hydrogen-bond donors (Lipinski definition) is 1. The molecular weight excluding hydrogens is 224 g/mol. The average Bonchev–Trinajstić information content (AvgIpc) is 2.41.